The average molecular weight is 296 g/mol. The van der Waals surface area contributed by atoms with Crippen LogP contribution >= 0.6 is 0 Å². The number of nitrogens with two attached hydrogens (primary N) is 1. The lowest BCUT2D eigenvalue weighted by molar-refractivity contribution is 0.258. The normalized spacial score (nSPS) is 25.6. The van der Waals surface area contributed by atoms with Crippen LogP contribution < -0.4 is 5.73 Å². The molecule has 2 unspecified atom stereocenters. The Morgan fingerprint density at radius 3 is 1.90 bits per heavy atom. The van der Waals surface area contributed by atoms with Crippen molar-refractivity contribution in [3.05, 3.63) is 0 Å². The minimum atomic E-state index is 0.529. The van der Waals surface area contributed by atoms with Gasteiger partial charge in [0.05, 0.1) is 0 Å². The largest absolute Gasteiger partial charge is 0.330 e. The van der Waals surface area contributed by atoms with Crippen molar-refractivity contribution in [3.63, 3.8) is 0 Å². The molecule has 0 spiro atoms. The van der Waals surface area contributed by atoms with Crippen molar-refractivity contribution in [1.82, 2.24) is 0 Å². The van der Waals surface area contributed by atoms with Crippen molar-refractivity contribution in [1.29, 1.82) is 0 Å². The Morgan fingerprint density at radius 2 is 1.43 bits per heavy atom. The molecular weight excluding hydrogens is 254 g/mol. The lowest BCUT2D eigenvalue weighted by atomic mass is 9.80. The maximum Gasteiger partial charge on any atom is -0.00204 e. The third-order valence-electron chi connectivity index (χ3n) is 5.88. The summed E-state index contributed by atoms with van der Waals surface area (Å²) in [5.74, 6) is 0.969. The Bertz CT molecular complexity index is 238. The van der Waals surface area contributed by atoms with Gasteiger partial charge in [-0.25, -0.2) is 0 Å². The van der Waals surface area contributed by atoms with Crippen molar-refractivity contribution in [2.45, 2.75) is 110 Å². The Labute approximate surface area is 134 Å². The summed E-state index contributed by atoms with van der Waals surface area (Å²) in [5, 5.41) is 0. The Hall–Kier alpha value is -0.0400. The van der Waals surface area contributed by atoms with Gasteiger partial charge < -0.3 is 5.73 Å². The zero-order valence-corrected chi connectivity index (χ0v) is 15.0. The molecule has 1 nitrogen and oxygen atoms in total. The molecular formula is C20H41N. The van der Waals surface area contributed by atoms with E-state index in [2.05, 4.69) is 13.8 Å². The van der Waals surface area contributed by atoms with Gasteiger partial charge >= 0.3 is 0 Å². The summed E-state index contributed by atoms with van der Waals surface area (Å²) in [5.41, 5.74) is 6.63. The van der Waals surface area contributed by atoms with E-state index in [1.165, 1.54) is 96.3 Å². The van der Waals surface area contributed by atoms with Crippen LogP contribution in [0, 0.1) is 11.3 Å². The predicted molar refractivity (Wildman–Crippen MR) is 95.6 cm³/mol. The smallest absolute Gasteiger partial charge is 0.00204 e. The van der Waals surface area contributed by atoms with E-state index in [1.807, 2.05) is 0 Å². The second-order valence-electron chi connectivity index (χ2n) is 7.65. The van der Waals surface area contributed by atoms with Crippen LogP contribution in [-0.2, 0) is 0 Å². The van der Waals surface area contributed by atoms with Crippen LogP contribution in [0.4, 0.5) is 0 Å². The SMILES string of the molecule is CCCCCCCCCCCCC1(CN)CCC(CC)C1. The highest BCUT2D eigenvalue weighted by atomic mass is 14.6. The van der Waals surface area contributed by atoms with Gasteiger partial charge in [-0.3, -0.25) is 0 Å². The van der Waals surface area contributed by atoms with Crippen molar-refractivity contribution in [3.8, 4) is 0 Å². The topological polar surface area (TPSA) is 26.0 Å². The summed E-state index contributed by atoms with van der Waals surface area (Å²) in [7, 11) is 0. The van der Waals surface area contributed by atoms with E-state index in [4.69, 9.17) is 5.73 Å². The zero-order chi connectivity index (χ0) is 15.4. The van der Waals surface area contributed by atoms with E-state index in [-0.39, 0.29) is 0 Å². The molecule has 1 aliphatic carbocycles. The van der Waals surface area contributed by atoms with E-state index in [1.54, 1.807) is 0 Å². The molecule has 0 heterocycles. The third-order valence-corrected chi connectivity index (χ3v) is 5.88. The van der Waals surface area contributed by atoms with Crippen LogP contribution in [0.3, 0.4) is 0 Å². The van der Waals surface area contributed by atoms with Crippen molar-refractivity contribution < 1.29 is 0 Å². The maximum atomic E-state index is 6.11. The van der Waals surface area contributed by atoms with Gasteiger partial charge in [0.1, 0.15) is 0 Å². The molecule has 2 atom stereocenters. The summed E-state index contributed by atoms with van der Waals surface area (Å²) in [4.78, 5) is 0. The molecule has 1 aliphatic rings. The van der Waals surface area contributed by atoms with Crippen molar-refractivity contribution in [2.24, 2.45) is 17.1 Å². The quantitative estimate of drug-likeness (QED) is 0.388. The maximum absolute atomic E-state index is 6.11. The molecule has 2 N–H and O–H groups in total. The fourth-order valence-corrected chi connectivity index (χ4v) is 4.18. The summed E-state index contributed by atoms with van der Waals surface area (Å²) >= 11 is 0. The van der Waals surface area contributed by atoms with Crippen molar-refractivity contribution in [2.75, 3.05) is 6.54 Å². The van der Waals surface area contributed by atoms with Gasteiger partial charge in [0.15, 0.2) is 0 Å². The van der Waals surface area contributed by atoms with Crippen LogP contribution in [0.25, 0.3) is 0 Å². The average Bonchev–Trinajstić information content (AvgIpc) is 2.93. The first-order valence-electron chi connectivity index (χ1n) is 9.96. The highest BCUT2D eigenvalue weighted by Crippen LogP contribution is 2.45. The summed E-state index contributed by atoms with van der Waals surface area (Å²) < 4.78 is 0. The molecule has 0 bridgehead atoms. The third kappa shape index (κ3) is 7.68. The Balaban J connectivity index is 1.96. The Kier molecular flexibility index (Phi) is 10.4. The summed E-state index contributed by atoms with van der Waals surface area (Å²) in [6.45, 7) is 5.57. The van der Waals surface area contributed by atoms with Gasteiger partial charge in [0, 0.05) is 0 Å². The van der Waals surface area contributed by atoms with E-state index >= 15 is 0 Å². The lowest BCUT2D eigenvalue weighted by Gasteiger charge is -2.27. The monoisotopic (exact) mass is 295 g/mol. The first-order chi connectivity index (χ1) is 10.3. The Morgan fingerprint density at radius 1 is 0.857 bits per heavy atom. The van der Waals surface area contributed by atoms with Crippen LogP contribution in [0.5, 0.6) is 0 Å². The number of unbranched alkanes of at least 4 members (excludes halogenated alkanes) is 9. The first kappa shape index (κ1) is 19.0. The van der Waals surface area contributed by atoms with Crippen molar-refractivity contribution >= 4 is 0 Å². The molecule has 1 saturated carbocycles. The lowest BCUT2D eigenvalue weighted by Crippen LogP contribution is -2.27. The molecule has 21 heavy (non-hydrogen) atoms. The molecule has 1 heteroatoms. The summed E-state index contributed by atoms with van der Waals surface area (Å²) in [6, 6.07) is 0. The molecule has 0 aromatic heterocycles. The molecule has 126 valence electrons. The second-order valence-corrected chi connectivity index (χ2v) is 7.65. The van der Waals surface area contributed by atoms with E-state index < -0.39 is 0 Å². The van der Waals surface area contributed by atoms with Crippen LogP contribution in [0.1, 0.15) is 110 Å². The van der Waals surface area contributed by atoms with Crippen LogP contribution in [0.15, 0.2) is 0 Å². The molecule has 0 aromatic carbocycles. The molecule has 0 saturated heterocycles. The minimum Gasteiger partial charge on any atom is -0.330 e. The number of hydrogen-bond acceptors (Lipinski definition) is 1. The van der Waals surface area contributed by atoms with Gasteiger partial charge in [-0.2, -0.15) is 0 Å². The van der Waals surface area contributed by atoms with Crippen LogP contribution in [-0.4, -0.2) is 6.54 Å². The zero-order valence-electron chi connectivity index (χ0n) is 15.0. The number of hydrogen-bond donors (Lipinski definition) is 1. The number of rotatable bonds is 13. The van der Waals surface area contributed by atoms with Gasteiger partial charge in [-0.15, -0.1) is 0 Å². The highest BCUT2D eigenvalue weighted by Gasteiger charge is 2.36. The second kappa shape index (κ2) is 11.5. The molecule has 0 amide bonds. The molecule has 1 fully saturated rings. The predicted octanol–water partition coefficient (Wildman–Crippen LogP) is 6.45. The molecule has 0 aliphatic heterocycles. The first-order valence-corrected chi connectivity index (χ1v) is 9.96. The van der Waals surface area contributed by atoms with Gasteiger partial charge in [0.2, 0.25) is 0 Å². The molecule has 1 rings (SSSR count). The fraction of sp³-hybridized carbons (Fsp3) is 1.00. The van der Waals surface area contributed by atoms with E-state index in [0.717, 1.165) is 12.5 Å². The highest BCUT2D eigenvalue weighted by molar-refractivity contribution is 4.89. The van der Waals surface area contributed by atoms with E-state index in [0.29, 0.717) is 5.41 Å². The molecule has 0 aromatic rings. The molecule has 0 radical (unpaired) electrons. The standard InChI is InChI=1S/C20H41N/c1-3-5-6-7-8-9-10-11-12-13-15-20(18-21)16-14-19(4-2)17-20/h19H,3-18,21H2,1-2H3. The van der Waals surface area contributed by atoms with Gasteiger partial charge in [-0.05, 0) is 43.6 Å². The van der Waals surface area contributed by atoms with Gasteiger partial charge in [0.25, 0.3) is 0 Å². The van der Waals surface area contributed by atoms with Gasteiger partial charge in [-0.1, -0.05) is 84.5 Å². The minimum absolute atomic E-state index is 0.529. The fourth-order valence-electron chi connectivity index (χ4n) is 4.18. The summed E-state index contributed by atoms with van der Waals surface area (Å²) in [6.07, 6.45) is 21.4. The van der Waals surface area contributed by atoms with Crippen LogP contribution in [0.2, 0.25) is 0 Å². The van der Waals surface area contributed by atoms with E-state index in [9.17, 15) is 0 Å².